The van der Waals surface area contributed by atoms with Crippen molar-refractivity contribution < 1.29 is 4.79 Å². The van der Waals surface area contributed by atoms with Crippen LogP contribution in [0.25, 0.3) is 21.5 Å². The number of fused-ring (bicyclic) bond motifs is 1. The molecule has 0 saturated carbocycles. The Bertz CT molecular complexity index is 1080. The summed E-state index contributed by atoms with van der Waals surface area (Å²) in [5, 5.41) is 10.6. The number of hydrogen-bond donors (Lipinski definition) is 1. The molecule has 136 valence electrons. The number of rotatable bonds is 5. The second kappa shape index (κ2) is 7.32. The first-order valence-electron chi connectivity index (χ1n) is 8.90. The maximum absolute atomic E-state index is 12.5. The van der Waals surface area contributed by atoms with Crippen LogP contribution in [0.15, 0.2) is 54.0 Å². The molecular formula is C21H20N4OS. The van der Waals surface area contributed by atoms with Gasteiger partial charge in [0.05, 0.1) is 11.1 Å². The van der Waals surface area contributed by atoms with Gasteiger partial charge in [0.2, 0.25) is 5.91 Å². The lowest BCUT2D eigenvalue weighted by Gasteiger charge is -2.07. The summed E-state index contributed by atoms with van der Waals surface area (Å²) in [5.74, 6) is -0.119. The van der Waals surface area contributed by atoms with Crippen molar-refractivity contribution in [2.75, 3.05) is 5.32 Å². The number of carbonyl (C=O) groups is 1. The maximum atomic E-state index is 12.5. The second-order valence-electron chi connectivity index (χ2n) is 6.38. The van der Waals surface area contributed by atoms with Gasteiger partial charge in [-0.25, -0.2) is 9.67 Å². The van der Waals surface area contributed by atoms with Crippen LogP contribution in [0, 0.1) is 6.92 Å². The Morgan fingerprint density at radius 3 is 2.70 bits per heavy atom. The normalized spacial score (nSPS) is 11.0. The fraction of sp³-hybridized carbons (Fsp3) is 0.190. The van der Waals surface area contributed by atoms with E-state index >= 15 is 0 Å². The summed E-state index contributed by atoms with van der Waals surface area (Å²) in [5.41, 5.74) is 4.75. The number of anilines is 1. The molecule has 5 nitrogen and oxygen atoms in total. The van der Waals surface area contributed by atoms with Crippen LogP contribution in [-0.2, 0) is 17.8 Å². The number of pyridine rings is 1. The molecule has 4 aromatic rings. The van der Waals surface area contributed by atoms with E-state index in [4.69, 9.17) is 0 Å². The molecule has 3 aromatic heterocycles. The molecular weight excluding hydrogens is 356 g/mol. The van der Waals surface area contributed by atoms with Crippen LogP contribution in [0.1, 0.15) is 18.2 Å². The first kappa shape index (κ1) is 17.4. The van der Waals surface area contributed by atoms with Gasteiger partial charge in [0.15, 0.2) is 5.65 Å². The van der Waals surface area contributed by atoms with Crippen molar-refractivity contribution in [3.05, 3.63) is 65.3 Å². The third kappa shape index (κ3) is 3.48. The standard InChI is InChI=1S/C21H20N4OS/c1-3-15-6-8-16(9-7-15)23-19(26)13-25-21-20(14(2)24-25)17(10-11-22-21)18-5-4-12-27-18/h4-12H,3,13H2,1-2H3,(H,23,26). The van der Waals surface area contributed by atoms with Crippen molar-refractivity contribution in [1.82, 2.24) is 14.8 Å². The fourth-order valence-corrected chi connectivity index (χ4v) is 3.95. The number of nitrogens with zero attached hydrogens (tertiary/aromatic N) is 3. The third-order valence-corrected chi connectivity index (χ3v) is 5.44. The molecule has 27 heavy (non-hydrogen) atoms. The highest BCUT2D eigenvalue weighted by atomic mass is 32.1. The minimum Gasteiger partial charge on any atom is -0.324 e. The number of benzene rings is 1. The van der Waals surface area contributed by atoms with Crippen molar-refractivity contribution in [3.8, 4) is 10.4 Å². The molecule has 0 radical (unpaired) electrons. The van der Waals surface area contributed by atoms with E-state index in [0.29, 0.717) is 0 Å². The molecule has 1 aromatic carbocycles. The van der Waals surface area contributed by atoms with Crippen LogP contribution in [0.5, 0.6) is 0 Å². The van der Waals surface area contributed by atoms with Gasteiger partial charge in [-0.2, -0.15) is 5.10 Å². The predicted molar refractivity (Wildman–Crippen MR) is 110 cm³/mol. The van der Waals surface area contributed by atoms with Crippen LogP contribution < -0.4 is 5.32 Å². The van der Waals surface area contributed by atoms with E-state index in [9.17, 15) is 4.79 Å². The summed E-state index contributed by atoms with van der Waals surface area (Å²) in [6.45, 7) is 4.19. The summed E-state index contributed by atoms with van der Waals surface area (Å²) < 4.78 is 1.68. The highest BCUT2D eigenvalue weighted by Crippen LogP contribution is 2.32. The summed E-state index contributed by atoms with van der Waals surface area (Å²) in [6, 6.07) is 14.0. The second-order valence-corrected chi connectivity index (χ2v) is 7.32. The Morgan fingerprint density at radius 1 is 1.19 bits per heavy atom. The molecule has 0 spiro atoms. The van der Waals surface area contributed by atoms with E-state index < -0.39 is 0 Å². The fourth-order valence-electron chi connectivity index (χ4n) is 3.19. The number of nitrogens with one attached hydrogen (secondary N) is 1. The van der Waals surface area contributed by atoms with Crippen molar-refractivity contribution in [2.45, 2.75) is 26.8 Å². The van der Waals surface area contributed by atoms with Crippen molar-refractivity contribution in [3.63, 3.8) is 0 Å². The minimum atomic E-state index is -0.119. The van der Waals surface area contributed by atoms with Gasteiger partial charge in [0.25, 0.3) is 0 Å². The molecule has 0 aliphatic heterocycles. The molecule has 6 heteroatoms. The summed E-state index contributed by atoms with van der Waals surface area (Å²) in [7, 11) is 0. The van der Waals surface area contributed by atoms with Crippen LogP contribution in [0.4, 0.5) is 5.69 Å². The van der Waals surface area contributed by atoms with Gasteiger partial charge in [0, 0.05) is 22.3 Å². The van der Waals surface area contributed by atoms with Crippen LogP contribution in [0.3, 0.4) is 0 Å². The van der Waals surface area contributed by atoms with Gasteiger partial charge in [-0.05, 0) is 48.6 Å². The zero-order valence-electron chi connectivity index (χ0n) is 15.3. The van der Waals surface area contributed by atoms with E-state index in [2.05, 4.69) is 33.8 Å². The molecule has 4 rings (SSSR count). The van der Waals surface area contributed by atoms with Crippen LogP contribution >= 0.6 is 11.3 Å². The molecule has 0 unspecified atom stereocenters. The number of hydrogen-bond acceptors (Lipinski definition) is 4. The van der Waals surface area contributed by atoms with Gasteiger partial charge in [0.1, 0.15) is 6.54 Å². The first-order valence-corrected chi connectivity index (χ1v) is 9.78. The largest absolute Gasteiger partial charge is 0.324 e. The zero-order chi connectivity index (χ0) is 18.8. The van der Waals surface area contributed by atoms with Crippen molar-refractivity contribution in [2.24, 2.45) is 0 Å². The highest BCUT2D eigenvalue weighted by molar-refractivity contribution is 7.13. The smallest absolute Gasteiger partial charge is 0.246 e. The monoisotopic (exact) mass is 376 g/mol. The van der Waals surface area contributed by atoms with Crippen LogP contribution in [-0.4, -0.2) is 20.7 Å². The van der Waals surface area contributed by atoms with E-state index in [1.165, 1.54) is 10.4 Å². The number of amides is 1. The first-order chi connectivity index (χ1) is 13.2. The Balaban J connectivity index is 1.60. The molecule has 0 fully saturated rings. The quantitative estimate of drug-likeness (QED) is 0.551. The molecule has 0 atom stereocenters. The Kier molecular flexibility index (Phi) is 4.73. The Labute approximate surface area is 161 Å². The molecule has 0 bridgehead atoms. The lowest BCUT2D eigenvalue weighted by Crippen LogP contribution is -2.19. The van der Waals surface area contributed by atoms with E-state index in [1.54, 1.807) is 22.2 Å². The van der Waals surface area contributed by atoms with Gasteiger partial charge < -0.3 is 5.32 Å². The number of thiophene rings is 1. The maximum Gasteiger partial charge on any atom is 0.246 e. The van der Waals surface area contributed by atoms with Gasteiger partial charge in [-0.1, -0.05) is 25.1 Å². The highest BCUT2D eigenvalue weighted by Gasteiger charge is 2.16. The molecule has 1 N–H and O–H groups in total. The molecule has 1 amide bonds. The van der Waals surface area contributed by atoms with Gasteiger partial charge in [-0.15, -0.1) is 11.3 Å². The predicted octanol–water partition coefficient (Wildman–Crippen LogP) is 4.67. The summed E-state index contributed by atoms with van der Waals surface area (Å²) >= 11 is 1.68. The number of carbonyl (C=O) groups excluding carboxylic acids is 1. The van der Waals surface area contributed by atoms with Crippen molar-refractivity contribution >= 4 is 34.0 Å². The Morgan fingerprint density at radius 2 is 2.00 bits per heavy atom. The number of aromatic nitrogens is 3. The molecule has 3 heterocycles. The van der Waals surface area contributed by atoms with Gasteiger partial charge in [-0.3, -0.25) is 4.79 Å². The lowest BCUT2D eigenvalue weighted by atomic mass is 10.1. The van der Waals surface area contributed by atoms with E-state index in [0.717, 1.165) is 34.4 Å². The van der Waals surface area contributed by atoms with E-state index in [1.807, 2.05) is 43.3 Å². The Hall–Kier alpha value is -2.99. The van der Waals surface area contributed by atoms with Gasteiger partial charge >= 0.3 is 0 Å². The molecule has 0 aliphatic carbocycles. The van der Waals surface area contributed by atoms with E-state index in [-0.39, 0.29) is 12.5 Å². The SMILES string of the molecule is CCc1ccc(NC(=O)Cn2nc(C)c3c(-c4cccs4)ccnc32)cc1. The minimum absolute atomic E-state index is 0.119. The zero-order valence-corrected chi connectivity index (χ0v) is 16.1. The molecule has 0 saturated heterocycles. The molecule has 0 aliphatic rings. The third-order valence-electron chi connectivity index (χ3n) is 4.53. The average molecular weight is 376 g/mol. The summed E-state index contributed by atoms with van der Waals surface area (Å²) in [4.78, 5) is 18.2. The average Bonchev–Trinajstić information content (AvgIpc) is 3.31. The van der Waals surface area contributed by atoms with Crippen molar-refractivity contribution in [1.29, 1.82) is 0 Å². The topological polar surface area (TPSA) is 59.8 Å². The van der Waals surface area contributed by atoms with Crippen LogP contribution in [0.2, 0.25) is 0 Å². The number of aryl methyl sites for hydroxylation is 2. The summed E-state index contributed by atoms with van der Waals surface area (Å²) in [6.07, 6.45) is 2.75. The lowest BCUT2D eigenvalue weighted by molar-refractivity contribution is -0.116.